The van der Waals surface area contributed by atoms with Gasteiger partial charge < -0.3 is 29.1 Å². The molecule has 2 heterocycles. The van der Waals surface area contributed by atoms with Crippen LogP contribution in [0.4, 0.5) is 5.69 Å². The van der Waals surface area contributed by atoms with E-state index in [9.17, 15) is 55.6 Å². The summed E-state index contributed by atoms with van der Waals surface area (Å²) < 4.78 is 90.6. The van der Waals surface area contributed by atoms with Gasteiger partial charge in [-0.15, -0.1) is 0 Å². The van der Waals surface area contributed by atoms with Gasteiger partial charge >= 0.3 is 217 Å². The van der Waals surface area contributed by atoms with Crippen molar-refractivity contribution in [2.24, 2.45) is 11.0 Å². The molecule has 3 aromatic rings. The van der Waals surface area contributed by atoms with E-state index in [1.54, 1.807) is 6.11 Å². The molecule has 1 N–H and O–H groups in total. The van der Waals surface area contributed by atoms with Crippen molar-refractivity contribution in [1.29, 1.82) is 0 Å². The van der Waals surface area contributed by atoms with E-state index >= 15 is 0 Å². The van der Waals surface area contributed by atoms with Crippen molar-refractivity contribution in [3.05, 3.63) is 76.2 Å². The minimum Gasteiger partial charge on any atom is -0.744 e. The Hall–Kier alpha value is 1.40. The van der Waals surface area contributed by atoms with Crippen molar-refractivity contribution in [2.75, 3.05) is 11.6 Å². The molecule has 1 amide bonds. The SMILES string of the molecule is C#COC(=O)C1=NN(c2cc(SOO[O-])ccc2S(=O)(=O)[O-])C(=O)C1CC=CC=Cc1c(C(=O)OCC)[nH]n(-c2cc(SOO[O-])ccc2S(=O)(=O)[O-])c1=O.[K+].[K+].[K+].[K+]. The molecule has 4 rings (SSSR count). The molecule has 0 saturated heterocycles. The molecule has 0 bridgehead atoms. The average Bonchev–Trinajstić information content (AvgIpc) is 3.64. The first-order valence-corrected chi connectivity index (χ1v) is 18.8. The van der Waals surface area contributed by atoms with Gasteiger partial charge in [0.1, 0.15) is 26.3 Å². The zero-order valence-corrected chi connectivity index (χ0v) is 46.9. The van der Waals surface area contributed by atoms with Crippen molar-refractivity contribution in [3.8, 4) is 18.2 Å². The first kappa shape index (κ1) is 60.4. The van der Waals surface area contributed by atoms with E-state index in [2.05, 4.69) is 33.7 Å². The fourth-order valence-corrected chi connectivity index (χ4v) is 6.77. The van der Waals surface area contributed by atoms with Crippen molar-refractivity contribution < 1.29 is 285 Å². The maximum Gasteiger partial charge on any atom is 1.00 e. The zero-order chi connectivity index (χ0) is 40.5. The van der Waals surface area contributed by atoms with Gasteiger partial charge in [0.15, 0.2) is 11.4 Å². The number of amides is 1. The van der Waals surface area contributed by atoms with E-state index in [-0.39, 0.29) is 240 Å². The second-order valence-corrected chi connectivity index (χ2v) is 14.3. The number of carbonyl (C=O) groups excluding carboxylic acids is 3. The third kappa shape index (κ3) is 16.3. The molecule has 30 heteroatoms. The summed E-state index contributed by atoms with van der Waals surface area (Å²) in [6.45, 7) is 1.31. The maximum absolute atomic E-state index is 13.6. The molecule has 59 heavy (non-hydrogen) atoms. The predicted octanol–water partition coefficient (Wildman–Crippen LogP) is -12.3. The number of hydrazone groups is 1. The van der Waals surface area contributed by atoms with Gasteiger partial charge in [-0.25, -0.2) is 31.1 Å². The molecule has 1 atom stereocenters. The number of hydrogen-bond donors (Lipinski definition) is 1. The fourth-order valence-electron chi connectivity index (χ4n) is 4.71. The van der Waals surface area contributed by atoms with E-state index < -0.39 is 87.7 Å². The van der Waals surface area contributed by atoms with Gasteiger partial charge in [-0.2, -0.15) is 18.8 Å². The first-order chi connectivity index (χ1) is 26.1. The topological polar surface area (TPSA) is 320 Å². The van der Waals surface area contributed by atoms with E-state index in [1.165, 1.54) is 25.2 Å². The normalized spacial score (nSPS) is 13.8. The Bertz CT molecular complexity index is 2420. The molecule has 0 radical (unpaired) electrons. The van der Waals surface area contributed by atoms with E-state index in [0.717, 1.165) is 42.5 Å². The number of aromatic nitrogens is 2. The van der Waals surface area contributed by atoms with Crippen LogP contribution in [0.1, 0.15) is 29.4 Å². The minimum atomic E-state index is -5.26. The van der Waals surface area contributed by atoms with Crippen LogP contribution in [-0.4, -0.2) is 65.9 Å². The Labute approximate surface area is 513 Å². The first-order valence-electron chi connectivity index (χ1n) is 14.5. The van der Waals surface area contributed by atoms with Gasteiger partial charge in [-0.1, -0.05) is 24.7 Å². The third-order valence-corrected chi connectivity index (χ3v) is 9.79. The molecule has 0 spiro atoms. The van der Waals surface area contributed by atoms with Gasteiger partial charge in [-0.05, 0) is 55.8 Å². The Morgan fingerprint density at radius 2 is 1.44 bits per heavy atom. The van der Waals surface area contributed by atoms with E-state index in [4.69, 9.17) is 11.2 Å². The number of terminal acetylenes is 1. The third-order valence-electron chi connectivity index (χ3n) is 6.88. The number of ether oxygens (including phenoxy) is 2. The number of carbonyl (C=O) groups is 3. The second-order valence-electron chi connectivity index (χ2n) is 10.1. The summed E-state index contributed by atoms with van der Waals surface area (Å²) in [6.07, 6.45) is 11.1. The maximum atomic E-state index is 13.6. The molecule has 292 valence electrons. The Kier molecular flexibility index (Phi) is 29.1. The summed E-state index contributed by atoms with van der Waals surface area (Å²) in [7, 11) is -10.5. The van der Waals surface area contributed by atoms with Gasteiger partial charge in [0, 0.05) is 9.79 Å². The van der Waals surface area contributed by atoms with Crippen LogP contribution in [0.15, 0.2) is 84.1 Å². The van der Waals surface area contributed by atoms with Gasteiger partial charge in [-0.3, -0.25) is 24.8 Å². The van der Waals surface area contributed by atoms with Crippen LogP contribution in [-0.2, 0) is 58.0 Å². The molecule has 0 aliphatic carbocycles. The molecule has 0 saturated carbocycles. The summed E-state index contributed by atoms with van der Waals surface area (Å²) in [5, 5.41) is 33.7. The molecule has 1 aliphatic heterocycles. The number of aromatic amines is 1. The van der Waals surface area contributed by atoms with Crippen LogP contribution >= 0.6 is 24.1 Å². The van der Waals surface area contributed by atoms with Crippen LogP contribution in [0, 0.1) is 18.4 Å². The van der Waals surface area contributed by atoms with Crippen molar-refractivity contribution in [2.45, 2.75) is 32.9 Å². The van der Waals surface area contributed by atoms with Crippen LogP contribution < -0.4 is 227 Å². The van der Waals surface area contributed by atoms with Crippen LogP contribution in [0.25, 0.3) is 11.8 Å². The van der Waals surface area contributed by atoms with Gasteiger partial charge in [0.2, 0.25) is 0 Å². The van der Waals surface area contributed by atoms with Crippen molar-refractivity contribution >= 4 is 79.6 Å². The molecular formula is C29H20K4N4O18S4. The fraction of sp³-hybridized carbons (Fsp3) is 0.138. The largest absolute Gasteiger partial charge is 1.00 e. The Balaban J connectivity index is 0.00000841. The number of hydrogen-bond acceptors (Lipinski definition) is 21. The molecule has 22 nitrogen and oxygen atoms in total. The number of rotatable bonds is 17. The summed E-state index contributed by atoms with van der Waals surface area (Å²) >= 11 is 0.594. The number of anilines is 1. The zero-order valence-electron chi connectivity index (χ0n) is 31.2. The second kappa shape index (κ2) is 28.4. The average molecular weight is 997 g/mol. The Morgan fingerprint density at radius 3 is 1.95 bits per heavy atom. The molecule has 1 aromatic heterocycles. The van der Waals surface area contributed by atoms with Crippen LogP contribution in [0.3, 0.4) is 0 Å². The number of nitrogens with one attached hydrogen (secondary N) is 1. The number of esters is 2. The molecule has 2 aromatic carbocycles. The van der Waals surface area contributed by atoms with Crippen molar-refractivity contribution in [1.82, 2.24) is 9.78 Å². The van der Waals surface area contributed by atoms with Crippen LogP contribution in [0.5, 0.6) is 0 Å². The number of benzene rings is 2. The number of allylic oxidation sites excluding steroid dienone is 3. The summed E-state index contributed by atoms with van der Waals surface area (Å²) in [4.78, 5) is 50.7. The summed E-state index contributed by atoms with van der Waals surface area (Å²) in [6, 6.07) is 5.65. The molecule has 0 fully saturated rings. The monoisotopic (exact) mass is 996 g/mol. The number of nitrogens with zero attached hydrogens (tertiary/aromatic N) is 3. The predicted molar refractivity (Wildman–Crippen MR) is 177 cm³/mol. The summed E-state index contributed by atoms with van der Waals surface area (Å²) in [5.41, 5.74) is -3.78. The standard InChI is InChI=1S/C29H24N4O18S4.4K/c1-3-46-28(36)24-18(26(34)32(30-24)20-14-16(52-50-48-38)10-12-22(20)54(40,41)42)8-6-5-7-9-19-25(29(37)47-4-2)31-33(27(19)35)21-15-17(53-51-49-39)11-13-23(21)55(43,44)45;;;;/h1,5-7,9-15,18,31,38-39H,4,8H2,2H3,(H,40,41,42)(H,43,44,45);;;;/q;4*+1/p-4. The Morgan fingerprint density at radius 1 is 0.898 bits per heavy atom. The molecular weight excluding hydrogens is 977 g/mol. The molecule has 1 unspecified atom stereocenters. The smallest absolute Gasteiger partial charge is 0.744 e. The van der Waals surface area contributed by atoms with E-state index in [1.807, 2.05) is 0 Å². The van der Waals surface area contributed by atoms with E-state index in [0.29, 0.717) is 21.7 Å². The summed E-state index contributed by atoms with van der Waals surface area (Å²) in [5.74, 6) is -4.90. The van der Waals surface area contributed by atoms with Gasteiger partial charge in [0.25, 0.3) is 11.5 Å². The van der Waals surface area contributed by atoms with Gasteiger partial charge in [0.05, 0.1) is 63.3 Å². The quantitative estimate of drug-likeness (QED) is 0.0192. The number of H-pyrrole nitrogens is 1. The molecule has 1 aliphatic rings. The minimum absolute atomic E-state index is 0. The van der Waals surface area contributed by atoms with Crippen molar-refractivity contribution in [3.63, 3.8) is 0 Å². The van der Waals surface area contributed by atoms with Crippen LogP contribution in [0.2, 0.25) is 0 Å².